The van der Waals surface area contributed by atoms with Gasteiger partial charge in [0.2, 0.25) is 5.91 Å². The number of amides is 1. The summed E-state index contributed by atoms with van der Waals surface area (Å²) in [5.41, 5.74) is 0.548. The molecule has 1 heterocycles. The summed E-state index contributed by atoms with van der Waals surface area (Å²) in [5, 5.41) is 9.91. The summed E-state index contributed by atoms with van der Waals surface area (Å²) in [7, 11) is 0. The standard InChI is InChI=1S/C13H13Cl2NO3/c14-9-3-1-4-10(15)8(9)7-12(17)16-6-2-5-11(16)13(18)19/h1,3-4,11H,2,5-7H2,(H,18,19)/t11-/m1/s1. The molecule has 0 aliphatic carbocycles. The van der Waals surface area contributed by atoms with E-state index in [2.05, 4.69) is 0 Å². The van der Waals surface area contributed by atoms with Crippen molar-refractivity contribution in [2.75, 3.05) is 6.54 Å². The van der Waals surface area contributed by atoms with Crippen molar-refractivity contribution in [3.63, 3.8) is 0 Å². The normalized spacial score (nSPS) is 18.6. The zero-order valence-corrected chi connectivity index (χ0v) is 11.6. The second kappa shape index (κ2) is 5.80. The number of hydrogen-bond donors (Lipinski definition) is 1. The summed E-state index contributed by atoms with van der Waals surface area (Å²) in [5.74, 6) is -1.21. The van der Waals surface area contributed by atoms with Gasteiger partial charge < -0.3 is 10.0 Å². The van der Waals surface area contributed by atoms with Gasteiger partial charge in [-0.25, -0.2) is 4.79 Å². The Bertz CT molecular complexity index is 498. The molecule has 0 unspecified atom stereocenters. The molecule has 4 nitrogen and oxygen atoms in total. The van der Waals surface area contributed by atoms with Gasteiger partial charge in [-0.05, 0) is 30.5 Å². The van der Waals surface area contributed by atoms with Crippen LogP contribution in [0, 0.1) is 0 Å². The maximum Gasteiger partial charge on any atom is 0.326 e. The van der Waals surface area contributed by atoms with E-state index in [9.17, 15) is 9.59 Å². The SMILES string of the molecule is O=C(O)[C@H]1CCCN1C(=O)Cc1c(Cl)cccc1Cl. The van der Waals surface area contributed by atoms with Gasteiger partial charge in [0.15, 0.2) is 0 Å². The fourth-order valence-electron chi connectivity index (χ4n) is 2.28. The first kappa shape index (κ1) is 14.2. The Labute approximate surface area is 120 Å². The van der Waals surface area contributed by atoms with Crippen LogP contribution in [0.2, 0.25) is 10.0 Å². The fraction of sp³-hybridized carbons (Fsp3) is 0.385. The number of halogens is 2. The number of aliphatic carboxylic acids is 1. The quantitative estimate of drug-likeness (QED) is 0.933. The van der Waals surface area contributed by atoms with Crippen LogP contribution in [0.25, 0.3) is 0 Å². The number of carbonyl (C=O) groups is 2. The molecule has 1 aliphatic heterocycles. The van der Waals surface area contributed by atoms with Crippen LogP contribution in [0.15, 0.2) is 18.2 Å². The van der Waals surface area contributed by atoms with E-state index in [1.807, 2.05) is 0 Å². The van der Waals surface area contributed by atoms with Crippen molar-refractivity contribution in [1.82, 2.24) is 4.90 Å². The van der Waals surface area contributed by atoms with Crippen LogP contribution in [0.5, 0.6) is 0 Å². The van der Waals surface area contributed by atoms with Gasteiger partial charge in [0.1, 0.15) is 6.04 Å². The van der Waals surface area contributed by atoms with Crippen molar-refractivity contribution in [1.29, 1.82) is 0 Å². The molecule has 1 saturated heterocycles. The highest BCUT2D eigenvalue weighted by Crippen LogP contribution is 2.26. The topological polar surface area (TPSA) is 57.6 Å². The summed E-state index contributed by atoms with van der Waals surface area (Å²) < 4.78 is 0. The van der Waals surface area contributed by atoms with Crippen molar-refractivity contribution in [3.8, 4) is 0 Å². The molecule has 1 N–H and O–H groups in total. The molecule has 1 aromatic carbocycles. The molecular weight excluding hydrogens is 289 g/mol. The van der Waals surface area contributed by atoms with Gasteiger partial charge >= 0.3 is 5.97 Å². The van der Waals surface area contributed by atoms with Gasteiger partial charge in [-0.3, -0.25) is 4.79 Å². The van der Waals surface area contributed by atoms with E-state index in [1.54, 1.807) is 18.2 Å². The average Bonchev–Trinajstić information content (AvgIpc) is 2.83. The molecule has 6 heteroatoms. The van der Waals surface area contributed by atoms with Crippen molar-refractivity contribution in [2.45, 2.75) is 25.3 Å². The minimum atomic E-state index is -0.962. The fourth-order valence-corrected chi connectivity index (χ4v) is 2.81. The average molecular weight is 302 g/mol. The third kappa shape index (κ3) is 3.01. The third-order valence-corrected chi connectivity index (χ3v) is 3.96. The van der Waals surface area contributed by atoms with Crippen LogP contribution in [-0.2, 0) is 16.0 Å². The highest BCUT2D eigenvalue weighted by atomic mass is 35.5. The molecule has 1 amide bonds. The Balaban J connectivity index is 2.15. The van der Waals surface area contributed by atoms with Gasteiger partial charge in [-0.1, -0.05) is 29.3 Å². The van der Waals surface area contributed by atoms with E-state index in [-0.39, 0.29) is 12.3 Å². The van der Waals surface area contributed by atoms with E-state index in [4.69, 9.17) is 28.3 Å². The first-order valence-corrected chi connectivity index (χ1v) is 6.71. The molecule has 0 radical (unpaired) electrons. The molecule has 0 spiro atoms. The lowest BCUT2D eigenvalue weighted by Crippen LogP contribution is -2.41. The molecule has 1 aliphatic rings. The van der Waals surface area contributed by atoms with Crippen LogP contribution in [0.4, 0.5) is 0 Å². The summed E-state index contributed by atoms with van der Waals surface area (Å²) >= 11 is 12.0. The van der Waals surface area contributed by atoms with Crippen molar-refractivity contribution in [3.05, 3.63) is 33.8 Å². The van der Waals surface area contributed by atoms with E-state index < -0.39 is 12.0 Å². The molecule has 102 valence electrons. The molecule has 0 aromatic heterocycles. The third-order valence-electron chi connectivity index (χ3n) is 3.25. The monoisotopic (exact) mass is 301 g/mol. The zero-order chi connectivity index (χ0) is 14.0. The summed E-state index contributed by atoms with van der Waals surface area (Å²) in [4.78, 5) is 24.6. The summed E-state index contributed by atoms with van der Waals surface area (Å²) in [6.07, 6.45) is 1.23. The predicted molar refractivity (Wildman–Crippen MR) is 72.5 cm³/mol. The Kier molecular flexibility index (Phi) is 4.32. The number of rotatable bonds is 3. The number of carboxylic acids is 1. The van der Waals surface area contributed by atoms with Crippen molar-refractivity contribution < 1.29 is 14.7 Å². The van der Waals surface area contributed by atoms with Crippen LogP contribution < -0.4 is 0 Å². The van der Waals surface area contributed by atoms with Crippen molar-refractivity contribution >= 4 is 35.1 Å². The molecule has 0 bridgehead atoms. The minimum absolute atomic E-state index is 0.0300. The van der Waals surface area contributed by atoms with Gasteiger partial charge in [-0.15, -0.1) is 0 Å². The number of benzene rings is 1. The molecule has 1 atom stereocenters. The number of likely N-dealkylation sites (tertiary alicyclic amines) is 1. The molecule has 0 saturated carbocycles. The maximum absolute atomic E-state index is 12.2. The number of nitrogens with zero attached hydrogens (tertiary/aromatic N) is 1. The maximum atomic E-state index is 12.2. The molecular formula is C13H13Cl2NO3. The lowest BCUT2D eigenvalue weighted by Gasteiger charge is -2.21. The zero-order valence-electron chi connectivity index (χ0n) is 10.1. The van der Waals surface area contributed by atoms with Crippen LogP contribution in [-0.4, -0.2) is 34.5 Å². The van der Waals surface area contributed by atoms with E-state index in [1.165, 1.54) is 4.90 Å². The number of carboxylic acid groups (broad SMARTS) is 1. The second-order valence-corrected chi connectivity index (χ2v) is 5.27. The van der Waals surface area contributed by atoms with Crippen molar-refractivity contribution in [2.24, 2.45) is 0 Å². The molecule has 19 heavy (non-hydrogen) atoms. The lowest BCUT2D eigenvalue weighted by atomic mass is 10.1. The largest absolute Gasteiger partial charge is 0.480 e. The lowest BCUT2D eigenvalue weighted by molar-refractivity contribution is -0.147. The summed E-state index contributed by atoms with van der Waals surface area (Å²) in [6, 6.07) is 4.30. The predicted octanol–water partition coefficient (Wildman–Crippen LogP) is 2.61. The molecule has 2 rings (SSSR count). The number of carbonyl (C=O) groups excluding carboxylic acids is 1. The highest BCUT2D eigenvalue weighted by Gasteiger charge is 2.34. The molecule has 1 fully saturated rings. The first-order chi connectivity index (χ1) is 9.00. The Morgan fingerprint density at radius 2 is 1.95 bits per heavy atom. The minimum Gasteiger partial charge on any atom is -0.480 e. The number of hydrogen-bond acceptors (Lipinski definition) is 2. The highest BCUT2D eigenvalue weighted by molar-refractivity contribution is 6.36. The van der Waals surface area contributed by atoms with Crippen LogP contribution in [0.3, 0.4) is 0 Å². The van der Waals surface area contributed by atoms with Gasteiger partial charge in [0.05, 0.1) is 6.42 Å². The molecule has 1 aromatic rings. The smallest absolute Gasteiger partial charge is 0.326 e. The van der Waals surface area contributed by atoms with Gasteiger partial charge in [0, 0.05) is 16.6 Å². The van der Waals surface area contributed by atoms with E-state index >= 15 is 0 Å². The van der Waals surface area contributed by atoms with E-state index in [0.717, 1.165) is 0 Å². The first-order valence-electron chi connectivity index (χ1n) is 5.96. The second-order valence-electron chi connectivity index (χ2n) is 4.46. The Hall–Kier alpha value is -1.26. The van der Waals surface area contributed by atoms with Gasteiger partial charge in [-0.2, -0.15) is 0 Å². The Morgan fingerprint density at radius 1 is 1.32 bits per heavy atom. The van der Waals surface area contributed by atoms with Gasteiger partial charge in [0.25, 0.3) is 0 Å². The Morgan fingerprint density at radius 3 is 2.53 bits per heavy atom. The van der Waals surface area contributed by atoms with Crippen LogP contribution >= 0.6 is 23.2 Å². The van der Waals surface area contributed by atoms with Crippen LogP contribution in [0.1, 0.15) is 18.4 Å². The summed E-state index contributed by atoms with van der Waals surface area (Å²) in [6.45, 7) is 0.470. The van der Waals surface area contributed by atoms with E-state index in [0.29, 0.717) is 35.0 Å².